The smallest absolute Gasteiger partial charge is 0.255 e. The predicted molar refractivity (Wildman–Crippen MR) is 108 cm³/mol. The summed E-state index contributed by atoms with van der Waals surface area (Å²) in [5, 5.41) is 20.2. The van der Waals surface area contributed by atoms with Crippen LogP contribution in [0, 0.1) is 23.2 Å². The molecule has 6 heteroatoms. The number of carbonyl (C=O) groups is 1. The number of benzene rings is 2. The number of carbonyl (C=O) groups excluding carboxylic acids is 1. The van der Waals surface area contributed by atoms with Crippen molar-refractivity contribution in [3.05, 3.63) is 66.0 Å². The summed E-state index contributed by atoms with van der Waals surface area (Å²) in [5.74, 6) is 0.535. The molecule has 2 aliphatic rings. The molecule has 0 unspecified atom stereocenters. The fourth-order valence-electron chi connectivity index (χ4n) is 5.05. The largest absolute Gasteiger partial charge is 0.391 e. The summed E-state index contributed by atoms with van der Waals surface area (Å²) in [6, 6.07) is 17.0. The van der Waals surface area contributed by atoms with Gasteiger partial charge in [-0.15, -0.1) is 0 Å². The van der Waals surface area contributed by atoms with Crippen molar-refractivity contribution >= 4 is 16.9 Å². The fraction of sp³-hybridized carbons (Fsp3) is 0.348. The first-order valence-corrected chi connectivity index (χ1v) is 10.0. The van der Waals surface area contributed by atoms with Crippen LogP contribution in [0.2, 0.25) is 0 Å². The van der Waals surface area contributed by atoms with E-state index in [1.54, 1.807) is 24.3 Å². The van der Waals surface area contributed by atoms with E-state index in [-0.39, 0.29) is 17.9 Å². The van der Waals surface area contributed by atoms with Crippen molar-refractivity contribution in [2.24, 2.45) is 11.8 Å². The Morgan fingerprint density at radius 2 is 1.79 bits per heavy atom. The number of aliphatic hydroxyl groups excluding tert-OH is 1. The minimum Gasteiger partial charge on any atom is -0.391 e. The second kappa shape index (κ2) is 7.02. The Labute approximate surface area is 169 Å². The normalized spacial score (nSPS) is 26.3. The molecular formula is C23H22N4O2. The Morgan fingerprint density at radius 1 is 1.07 bits per heavy atom. The van der Waals surface area contributed by atoms with Crippen LogP contribution in [0.4, 0.5) is 0 Å². The number of hydrogen-bond donors (Lipinski definition) is 1. The SMILES string of the molecule is N#Cc1ccccc1C(=O)N1C[C@H]2C[C@@H](n3cnc4ccccc43)[C@H](O)C[C@H]2C1. The van der Waals surface area contributed by atoms with Crippen LogP contribution in [-0.2, 0) is 0 Å². The molecule has 1 saturated heterocycles. The van der Waals surface area contributed by atoms with Gasteiger partial charge in [-0.05, 0) is 48.9 Å². The number of aromatic nitrogens is 2. The summed E-state index contributed by atoms with van der Waals surface area (Å²) >= 11 is 0. The Morgan fingerprint density at radius 3 is 2.62 bits per heavy atom. The highest BCUT2D eigenvalue weighted by Crippen LogP contribution is 2.42. The third-order valence-electron chi connectivity index (χ3n) is 6.51. The number of likely N-dealkylation sites (tertiary alicyclic amines) is 1. The van der Waals surface area contributed by atoms with E-state index in [1.165, 1.54) is 0 Å². The number of nitriles is 1. The lowest BCUT2D eigenvalue weighted by molar-refractivity contribution is 0.0374. The van der Waals surface area contributed by atoms with Gasteiger partial charge in [0.15, 0.2) is 0 Å². The maximum absolute atomic E-state index is 13.0. The standard InChI is InChI=1S/C23H22N4O2/c24-11-15-5-1-2-6-18(15)23(29)26-12-16-9-21(22(28)10-17(16)13-26)27-14-25-19-7-3-4-8-20(19)27/h1-8,14,16-17,21-22,28H,9-10,12-13H2/t16-,17+,21-,22-/m1/s1. The highest BCUT2D eigenvalue weighted by Gasteiger charge is 2.44. The molecule has 1 amide bonds. The zero-order valence-electron chi connectivity index (χ0n) is 16.0. The van der Waals surface area contributed by atoms with Crippen LogP contribution in [0.5, 0.6) is 0 Å². The van der Waals surface area contributed by atoms with Crippen molar-refractivity contribution in [2.45, 2.75) is 25.0 Å². The molecule has 5 rings (SSSR count). The molecule has 0 spiro atoms. The minimum absolute atomic E-state index is 0.0369. The second-order valence-electron chi connectivity index (χ2n) is 8.13. The third-order valence-corrected chi connectivity index (χ3v) is 6.51. The average molecular weight is 386 g/mol. The first-order chi connectivity index (χ1) is 14.2. The molecule has 1 aliphatic carbocycles. The molecule has 2 heterocycles. The van der Waals surface area contributed by atoms with E-state index in [4.69, 9.17) is 0 Å². The summed E-state index contributed by atoms with van der Waals surface area (Å²) in [7, 11) is 0. The van der Waals surface area contributed by atoms with Gasteiger partial charge in [0.2, 0.25) is 0 Å². The van der Waals surface area contributed by atoms with Crippen LogP contribution in [0.3, 0.4) is 0 Å². The average Bonchev–Trinajstić information content (AvgIpc) is 3.36. The molecule has 0 radical (unpaired) electrons. The molecule has 1 aliphatic heterocycles. The molecule has 1 saturated carbocycles. The van der Waals surface area contributed by atoms with Crippen LogP contribution in [0.15, 0.2) is 54.9 Å². The lowest BCUT2D eigenvalue weighted by atomic mass is 9.77. The maximum atomic E-state index is 13.0. The van der Waals surface area contributed by atoms with Crippen LogP contribution in [-0.4, -0.2) is 44.7 Å². The van der Waals surface area contributed by atoms with Crippen molar-refractivity contribution in [3.8, 4) is 6.07 Å². The number of fused-ring (bicyclic) bond motifs is 2. The Hall–Kier alpha value is -3.17. The van der Waals surface area contributed by atoms with Gasteiger partial charge in [0.05, 0.1) is 46.7 Å². The molecule has 146 valence electrons. The van der Waals surface area contributed by atoms with Gasteiger partial charge >= 0.3 is 0 Å². The summed E-state index contributed by atoms with van der Waals surface area (Å²) in [5.41, 5.74) is 2.84. The Bertz CT molecular complexity index is 1120. The van der Waals surface area contributed by atoms with Gasteiger partial charge in [-0.2, -0.15) is 5.26 Å². The summed E-state index contributed by atoms with van der Waals surface area (Å²) in [4.78, 5) is 19.4. The molecule has 0 bridgehead atoms. The lowest BCUT2D eigenvalue weighted by Crippen LogP contribution is -2.36. The molecule has 1 N–H and O–H groups in total. The topological polar surface area (TPSA) is 82.2 Å². The van der Waals surface area contributed by atoms with Gasteiger partial charge in [0, 0.05) is 13.1 Å². The summed E-state index contributed by atoms with van der Waals surface area (Å²) in [6.07, 6.45) is 2.84. The van der Waals surface area contributed by atoms with E-state index >= 15 is 0 Å². The number of aliphatic hydroxyl groups is 1. The van der Waals surface area contributed by atoms with Crippen molar-refractivity contribution in [1.82, 2.24) is 14.5 Å². The first kappa shape index (κ1) is 17.9. The third kappa shape index (κ3) is 2.99. The van der Waals surface area contributed by atoms with E-state index in [2.05, 4.69) is 15.6 Å². The maximum Gasteiger partial charge on any atom is 0.255 e. The van der Waals surface area contributed by atoms with E-state index in [0.717, 1.165) is 17.5 Å². The molecule has 2 fully saturated rings. The zero-order valence-corrected chi connectivity index (χ0v) is 16.0. The quantitative estimate of drug-likeness (QED) is 0.734. The molecule has 4 atom stereocenters. The monoisotopic (exact) mass is 386 g/mol. The predicted octanol–water partition coefficient (Wildman–Crippen LogP) is 2.99. The van der Waals surface area contributed by atoms with Gasteiger partial charge in [-0.1, -0.05) is 24.3 Å². The van der Waals surface area contributed by atoms with Crippen molar-refractivity contribution in [1.29, 1.82) is 5.26 Å². The van der Waals surface area contributed by atoms with Crippen molar-refractivity contribution in [3.63, 3.8) is 0 Å². The fourth-order valence-corrected chi connectivity index (χ4v) is 5.05. The number of para-hydroxylation sites is 2. The zero-order chi connectivity index (χ0) is 20.0. The van der Waals surface area contributed by atoms with Gasteiger partial charge in [0.25, 0.3) is 5.91 Å². The molecule has 1 aromatic heterocycles. The Kier molecular flexibility index (Phi) is 4.33. The number of amides is 1. The summed E-state index contributed by atoms with van der Waals surface area (Å²) < 4.78 is 2.09. The van der Waals surface area contributed by atoms with Crippen LogP contribution in [0.25, 0.3) is 11.0 Å². The van der Waals surface area contributed by atoms with Crippen molar-refractivity contribution in [2.75, 3.05) is 13.1 Å². The second-order valence-corrected chi connectivity index (χ2v) is 8.13. The number of imidazole rings is 1. The van der Waals surface area contributed by atoms with Crippen LogP contribution in [0.1, 0.15) is 34.8 Å². The first-order valence-electron chi connectivity index (χ1n) is 10.0. The molecule has 3 aromatic rings. The number of nitrogens with zero attached hydrogens (tertiary/aromatic N) is 4. The van der Waals surface area contributed by atoms with Gasteiger partial charge in [-0.3, -0.25) is 4.79 Å². The Balaban J connectivity index is 1.38. The number of hydrogen-bond acceptors (Lipinski definition) is 4. The highest BCUT2D eigenvalue weighted by atomic mass is 16.3. The van der Waals surface area contributed by atoms with E-state index in [0.29, 0.717) is 36.6 Å². The van der Waals surface area contributed by atoms with Gasteiger partial charge in [-0.25, -0.2) is 4.98 Å². The molecule has 6 nitrogen and oxygen atoms in total. The molecule has 29 heavy (non-hydrogen) atoms. The lowest BCUT2D eigenvalue weighted by Gasteiger charge is -2.36. The van der Waals surface area contributed by atoms with E-state index < -0.39 is 6.10 Å². The van der Waals surface area contributed by atoms with Crippen LogP contribution >= 0.6 is 0 Å². The van der Waals surface area contributed by atoms with Crippen molar-refractivity contribution < 1.29 is 9.90 Å². The van der Waals surface area contributed by atoms with Crippen LogP contribution < -0.4 is 0 Å². The van der Waals surface area contributed by atoms with E-state index in [1.807, 2.05) is 35.5 Å². The number of rotatable bonds is 2. The van der Waals surface area contributed by atoms with E-state index in [9.17, 15) is 15.2 Å². The highest BCUT2D eigenvalue weighted by molar-refractivity contribution is 5.96. The van der Waals surface area contributed by atoms with Gasteiger partial charge < -0.3 is 14.6 Å². The minimum atomic E-state index is -0.463. The molecular weight excluding hydrogens is 364 g/mol. The van der Waals surface area contributed by atoms with Gasteiger partial charge in [0.1, 0.15) is 0 Å². The molecule has 2 aromatic carbocycles. The summed E-state index contributed by atoms with van der Waals surface area (Å²) in [6.45, 7) is 1.30.